The molecule has 0 unspecified atom stereocenters. The number of hydrogen-bond donors (Lipinski definition) is 0. The Balaban J connectivity index is 1.71. The van der Waals surface area contributed by atoms with Crippen LogP contribution in [0.3, 0.4) is 0 Å². The Morgan fingerprint density at radius 2 is 1.70 bits per heavy atom. The predicted octanol–water partition coefficient (Wildman–Crippen LogP) is 6.07. The largest absolute Gasteiger partial charge is 0.356 e. The van der Waals surface area contributed by atoms with Crippen molar-refractivity contribution in [1.82, 2.24) is 4.57 Å². The minimum absolute atomic E-state index is 0.227. The van der Waals surface area contributed by atoms with E-state index in [2.05, 4.69) is 21.7 Å². The molecule has 4 rings (SSSR count). The number of halogens is 3. The smallest absolute Gasteiger partial charge is 0.123 e. The summed E-state index contributed by atoms with van der Waals surface area (Å²) in [5, 5.41) is 1.31. The van der Waals surface area contributed by atoms with Crippen LogP contribution in [0, 0.1) is 5.82 Å². The zero-order valence-corrected chi connectivity index (χ0v) is 17.0. The van der Waals surface area contributed by atoms with Gasteiger partial charge in [0.15, 0.2) is 0 Å². The van der Waals surface area contributed by atoms with Crippen molar-refractivity contribution >= 4 is 40.8 Å². The third-order valence-corrected chi connectivity index (χ3v) is 6.24. The van der Waals surface area contributed by atoms with Crippen molar-refractivity contribution in [1.29, 1.82) is 0 Å². The van der Waals surface area contributed by atoms with Gasteiger partial charge in [0.1, 0.15) is 11.6 Å². The summed E-state index contributed by atoms with van der Waals surface area (Å²) in [4.78, 5) is 2.40. The minimum atomic E-state index is -0.227. The lowest BCUT2D eigenvalue weighted by atomic mass is 10.1. The van der Waals surface area contributed by atoms with Crippen LogP contribution >= 0.6 is 35.0 Å². The second kappa shape index (κ2) is 8.17. The number of benzene rings is 2. The highest BCUT2D eigenvalue weighted by Crippen LogP contribution is 2.29. The van der Waals surface area contributed by atoms with E-state index < -0.39 is 0 Å². The van der Waals surface area contributed by atoms with Gasteiger partial charge in [-0.1, -0.05) is 29.3 Å². The molecule has 1 saturated heterocycles. The van der Waals surface area contributed by atoms with Gasteiger partial charge in [0.2, 0.25) is 0 Å². The molecule has 1 aromatic heterocycles. The van der Waals surface area contributed by atoms with E-state index in [0.29, 0.717) is 10.0 Å². The Bertz CT molecular complexity index is 934. The van der Waals surface area contributed by atoms with Gasteiger partial charge in [-0.3, -0.25) is 0 Å². The van der Waals surface area contributed by atoms with Crippen molar-refractivity contribution in [2.24, 2.45) is 0 Å². The highest BCUT2D eigenvalue weighted by atomic mass is 35.5. The normalized spacial score (nSPS) is 14.6. The molecule has 2 aromatic carbocycles. The van der Waals surface area contributed by atoms with E-state index in [1.807, 2.05) is 36.0 Å². The van der Waals surface area contributed by atoms with Gasteiger partial charge in [-0.05, 0) is 53.6 Å². The molecule has 0 spiro atoms. The van der Waals surface area contributed by atoms with Gasteiger partial charge in [0.05, 0.1) is 0 Å². The number of aromatic nitrogens is 1. The molecular weight excluding hydrogens is 402 g/mol. The molecule has 0 N–H and O–H groups in total. The second-order valence-electron chi connectivity index (χ2n) is 6.56. The predicted molar refractivity (Wildman–Crippen MR) is 115 cm³/mol. The monoisotopic (exact) mass is 420 g/mol. The maximum atomic E-state index is 13.4. The highest BCUT2D eigenvalue weighted by Gasteiger charge is 2.18. The van der Waals surface area contributed by atoms with Crippen molar-refractivity contribution in [3.63, 3.8) is 0 Å². The average molecular weight is 421 g/mol. The average Bonchev–Trinajstić information content (AvgIpc) is 3.09. The zero-order chi connectivity index (χ0) is 18.8. The van der Waals surface area contributed by atoms with Crippen LogP contribution in [0.15, 0.2) is 54.7 Å². The molecule has 1 aliphatic rings. The molecule has 1 fully saturated rings. The molecule has 0 amide bonds. The number of nitrogens with zero attached hydrogens (tertiary/aromatic N) is 2. The molecule has 2 nitrogen and oxygen atoms in total. The first-order valence-electron chi connectivity index (χ1n) is 8.84. The standard InChI is InChI=1S/C21H19Cl2FN2S/c22-17-2-1-16(20(23)13-17)11-15-12-21(25-7-9-27-10-8-25)26(14-15)19-5-3-18(24)4-6-19/h1-6,12-14H,7-11H2. The van der Waals surface area contributed by atoms with Gasteiger partial charge >= 0.3 is 0 Å². The van der Waals surface area contributed by atoms with Crippen LogP contribution in [0.2, 0.25) is 10.0 Å². The van der Waals surface area contributed by atoms with Crippen LogP contribution in [-0.2, 0) is 6.42 Å². The van der Waals surface area contributed by atoms with E-state index in [1.165, 1.54) is 12.1 Å². The molecular formula is C21H19Cl2FN2S. The third kappa shape index (κ3) is 4.29. The van der Waals surface area contributed by atoms with Gasteiger partial charge in [0, 0.05) is 52.9 Å². The lowest BCUT2D eigenvalue weighted by molar-refractivity contribution is 0.627. The Kier molecular flexibility index (Phi) is 5.67. The number of thioether (sulfide) groups is 1. The first-order valence-corrected chi connectivity index (χ1v) is 10.7. The molecule has 0 bridgehead atoms. The maximum Gasteiger partial charge on any atom is 0.123 e. The van der Waals surface area contributed by atoms with E-state index in [1.54, 1.807) is 6.07 Å². The van der Waals surface area contributed by atoms with Crippen LogP contribution in [0.1, 0.15) is 11.1 Å². The summed E-state index contributed by atoms with van der Waals surface area (Å²) in [6.07, 6.45) is 2.84. The van der Waals surface area contributed by atoms with Crippen LogP contribution in [0.4, 0.5) is 10.2 Å². The lowest BCUT2D eigenvalue weighted by Gasteiger charge is -2.29. The summed E-state index contributed by atoms with van der Waals surface area (Å²) in [6.45, 7) is 2.02. The van der Waals surface area contributed by atoms with Crippen molar-refractivity contribution in [2.45, 2.75) is 6.42 Å². The van der Waals surface area contributed by atoms with Gasteiger partial charge in [-0.25, -0.2) is 4.39 Å². The summed E-state index contributed by atoms with van der Waals surface area (Å²) in [7, 11) is 0. The molecule has 140 valence electrons. The van der Waals surface area contributed by atoms with E-state index >= 15 is 0 Å². The second-order valence-corrected chi connectivity index (χ2v) is 8.63. The molecule has 0 radical (unpaired) electrons. The van der Waals surface area contributed by atoms with Gasteiger partial charge in [0.25, 0.3) is 0 Å². The van der Waals surface area contributed by atoms with Crippen LogP contribution in [0.5, 0.6) is 0 Å². The molecule has 0 saturated carbocycles. The summed E-state index contributed by atoms with van der Waals surface area (Å²) < 4.78 is 15.5. The molecule has 6 heteroatoms. The molecule has 0 aliphatic carbocycles. The van der Waals surface area contributed by atoms with Crippen molar-refractivity contribution in [2.75, 3.05) is 29.5 Å². The summed E-state index contributed by atoms with van der Waals surface area (Å²) in [6, 6.07) is 14.5. The van der Waals surface area contributed by atoms with Gasteiger partial charge in [-0.15, -0.1) is 0 Å². The van der Waals surface area contributed by atoms with E-state index in [9.17, 15) is 4.39 Å². The Morgan fingerprint density at radius 1 is 0.963 bits per heavy atom. The Hall–Kier alpha value is -1.62. The summed E-state index contributed by atoms with van der Waals surface area (Å²) >= 11 is 14.4. The van der Waals surface area contributed by atoms with E-state index in [4.69, 9.17) is 23.2 Å². The van der Waals surface area contributed by atoms with Crippen LogP contribution in [-0.4, -0.2) is 29.2 Å². The third-order valence-electron chi connectivity index (χ3n) is 4.71. The summed E-state index contributed by atoms with van der Waals surface area (Å²) in [5.41, 5.74) is 3.16. The van der Waals surface area contributed by atoms with Crippen LogP contribution < -0.4 is 4.90 Å². The molecule has 2 heterocycles. The fourth-order valence-electron chi connectivity index (χ4n) is 3.33. The number of hydrogen-bond acceptors (Lipinski definition) is 2. The number of rotatable bonds is 4. The molecule has 0 atom stereocenters. The SMILES string of the molecule is Fc1ccc(-n2cc(Cc3ccc(Cl)cc3Cl)cc2N2CCSCC2)cc1. The first kappa shape index (κ1) is 18.7. The van der Waals surface area contributed by atoms with Crippen molar-refractivity contribution in [3.8, 4) is 5.69 Å². The van der Waals surface area contributed by atoms with Crippen LogP contribution in [0.25, 0.3) is 5.69 Å². The van der Waals surface area contributed by atoms with Gasteiger partial charge in [-0.2, -0.15) is 11.8 Å². The minimum Gasteiger partial charge on any atom is -0.356 e. The fraction of sp³-hybridized carbons (Fsp3) is 0.238. The molecule has 1 aliphatic heterocycles. The van der Waals surface area contributed by atoms with Crippen molar-refractivity contribution in [3.05, 3.63) is 81.7 Å². The summed E-state index contributed by atoms with van der Waals surface area (Å²) in [5.74, 6) is 3.15. The van der Waals surface area contributed by atoms with Crippen molar-refractivity contribution < 1.29 is 4.39 Å². The molecule has 3 aromatic rings. The highest BCUT2D eigenvalue weighted by molar-refractivity contribution is 7.99. The Labute approximate surface area is 172 Å². The topological polar surface area (TPSA) is 8.17 Å². The number of anilines is 1. The molecule has 27 heavy (non-hydrogen) atoms. The zero-order valence-electron chi connectivity index (χ0n) is 14.7. The fourth-order valence-corrected chi connectivity index (χ4v) is 4.71. The first-order chi connectivity index (χ1) is 13.1. The maximum absolute atomic E-state index is 13.4. The van der Waals surface area contributed by atoms with E-state index in [0.717, 1.165) is 53.6 Å². The lowest BCUT2D eigenvalue weighted by Crippen LogP contribution is -2.33. The van der Waals surface area contributed by atoms with E-state index in [-0.39, 0.29) is 5.82 Å². The van der Waals surface area contributed by atoms with Gasteiger partial charge < -0.3 is 9.47 Å². The Morgan fingerprint density at radius 3 is 2.41 bits per heavy atom. The quantitative estimate of drug-likeness (QED) is 0.506.